The van der Waals surface area contributed by atoms with Crippen LogP contribution in [0, 0.1) is 0 Å². The number of hydrogen-bond acceptors (Lipinski definition) is 5. The van der Waals surface area contributed by atoms with Crippen LogP contribution in [0.25, 0.3) is 0 Å². The van der Waals surface area contributed by atoms with Gasteiger partial charge in [-0.15, -0.1) is 0 Å². The molecule has 0 spiro atoms. The largest absolute Gasteiger partial charge is 0.497 e. The molecule has 2 heterocycles. The number of furan rings is 1. The van der Waals surface area contributed by atoms with Gasteiger partial charge in [0.05, 0.1) is 19.4 Å². The van der Waals surface area contributed by atoms with Gasteiger partial charge in [-0.2, -0.15) is 4.31 Å². The predicted molar refractivity (Wildman–Crippen MR) is 88.2 cm³/mol. The zero-order chi connectivity index (χ0) is 17.4. The molecule has 1 aromatic carbocycles. The maximum absolute atomic E-state index is 12.8. The second-order valence-electron chi connectivity index (χ2n) is 6.08. The van der Waals surface area contributed by atoms with Gasteiger partial charge in [0.25, 0.3) is 10.0 Å². The molecule has 0 radical (unpaired) electrons. The first-order chi connectivity index (χ1) is 11.4. The van der Waals surface area contributed by atoms with Gasteiger partial charge >= 0.3 is 0 Å². The van der Waals surface area contributed by atoms with Crippen LogP contribution in [0.4, 0.5) is 0 Å². The lowest BCUT2D eigenvalue weighted by atomic mass is 9.87. The Labute approximate surface area is 141 Å². The Balaban J connectivity index is 1.94. The van der Waals surface area contributed by atoms with Crippen molar-refractivity contribution >= 4 is 10.0 Å². The van der Waals surface area contributed by atoms with Gasteiger partial charge in [0.15, 0.2) is 0 Å². The van der Waals surface area contributed by atoms with E-state index in [-0.39, 0.29) is 5.09 Å². The summed E-state index contributed by atoms with van der Waals surface area (Å²) < 4.78 is 37.1. The average molecular weight is 351 g/mol. The highest BCUT2D eigenvalue weighted by Gasteiger charge is 2.46. The molecule has 1 aliphatic rings. The first-order valence-corrected chi connectivity index (χ1v) is 9.23. The van der Waals surface area contributed by atoms with Crippen LogP contribution in [-0.2, 0) is 15.6 Å². The van der Waals surface area contributed by atoms with Gasteiger partial charge in [-0.05, 0) is 49.6 Å². The first-order valence-electron chi connectivity index (χ1n) is 7.79. The second kappa shape index (κ2) is 6.23. The molecule has 1 saturated heterocycles. The third-order valence-corrected chi connectivity index (χ3v) is 6.38. The third-order valence-electron chi connectivity index (χ3n) is 4.59. The van der Waals surface area contributed by atoms with E-state index in [4.69, 9.17) is 9.15 Å². The van der Waals surface area contributed by atoms with Gasteiger partial charge in [0.1, 0.15) is 11.4 Å². The lowest BCUT2D eigenvalue weighted by Crippen LogP contribution is -2.48. The Bertz CT molecular complexity index is 781. The van der Waals surface area contributed by atoms with Crippen molar-refractivity contribution in [2.75, 3.05) is 13.7 Å². The Morgan fingerprint density at radius 1 is 1.29 bits per heavy atom. The summed E-state index contributed by atoms with van der Waals surface area (Å²) in [5.41, 5.74) is -0.669. The molecule has 2 atom stereocenters. The highest BCUT2D eigenvalue weighted by atomic mass is 32.2. The molecule has 6 nitrogen and oxygen atoms in total. The highest BCUT2D eigenvalue weighted by Crippen LogP contribution is 2.38. The van der Waals surface area contributed by atoms with Crippen LogP contribution in [0.2, 0.25) is 0 Å². The quantitative estimate of drug-likeness (QED) is 0.894. The third kappa shape index (κ3) is 2.83. The van der Waals surface area contributed by atoms with Crippen LogP contribution in [-0.4, -0.2) is 37.5 Å². The summed E-state index contributed by atoms with van der Waals surface area (Å²) in [5, 5.41) is 11.0. The molecule has 1 aromatic heterocycles. The molecular formula is C17H21NO5S. The summed E-state index contributed by atoms with van der Waals surface area (Å²) >= 11 is 0. The van der Waals surface area contributed by atoms with E-state index in [0.29, 0.717) is 30.7 Å². The summed E-state index contributed by atoms with van der Waals surface area (Å²) in [6.45, 7) is 2.01. The monoisotopic (exact) mass is 351 g/mol. The molecule has 0 aliphatic carbocycles. The fourth-order valence-corrected chi connectivity index (χ4v) is 4.91. The maximum atomic E-state index is 12.8. The van der Waals surface area contributed by atoms with E-state index in [1.54, 1.807) is 44.4 Å². The van der Waals surface area contributed by atoms with Crippen LogP contribution in [0.1, 0.15) is 25.3 Å². The highest BCUT2D eigenvalue weighted by molar-refractivity contribution is 7.89. The van der Waals surface area contributed by atoms with E-state index < -0.39 is 21.7 Å². The Morgan fingerprint density at radius 3 is 2.58 bits per heavy atom. The van der Waals surface area contributed by atoms with E-state index in [9.17, 15) is 13.5 Å². The molecule has 1 N–H and O–H groups in total. The van der Waals surface area contributed by atoms with Crippen molar-refractivity contribution in [1.29, 1.82) is 0 Å². The van der Waals surface area contributed by atoms with E-state index in [1.807, 2.05) is 0 Å². The molecule has 0 bridgehead atoms. The number of methoxy groups -OCH3 is 1. The zero-order valence-corrected chi connectivity index (χ0v) is 14.5. The van der Waals surface area contributed by atoms with Gasteiger partial charge in [-0.25, -0.2) is 8.42 Å². The van der Waals surface area contributed by atoms with Gasteiger partial charge < -0.3 is 14.3 Å². The molecule has 24 heavy (non-hydrogen) atoms. The van der Waals surface area contributed by atoms with Crippen LogP contribution in [0.3, 0.4) is 0 Å². The molecule has 0 saturated carbocycles. The standard InChI is InChI=1S/C17H21NO5S/c1-17(19,13-7-9-14(22-2)10-8-13)15-5-3-11-18(15)24(20,21)16-6-4-12-23-16/h4,6-10,12,15,19H,3,5,11H2,1-2H3/t15-,17+/m1/s1. The number of hydrogen-bond donors (Lipinski definition) is 1. The smallest absolute Gasteiger partial charge is 0.276 e. The van der Waals surface area contributed by atoms with E-state index in [1.165, 1.54) is 16.6 Å². The van der Waals surface area contributed by atoms with E-state index in [2.05, 4.69) is 0 Å². The Morgan fingerprint density at radius 2 is 2.00 bits per heavy atom. The molecule has 3 rings (SSSR count). The minimum atomic E-state index is -3.77. The van der Waals surface area contributed by atoms with Crippen molar-refractivity contribution in [3.8, 4) is 5.75 Å². The number of aliphatic hydroxyl groups is 1. The normalized spacial score (nSPS) is 21.5. The summed E-state index contributed by atoms with van der Waals surface area (Å²) in [6, 6.07) is 9.44. The number of sulfonamides is 1. The number of ether oxygens (including phenoxy) is 1. The molecule has 7 heteroatoms. The SMILES string of the molecule is COc1ccc([C@](C)(O)[C@H]2CCCN2S(=O)(=O)c2ccco2)cc1. The van der Waals surface area contributed by atoms with Crippen LogP contribution in [0.15, 0.2) is 52.2 Å². The second-order valence-corrected chi connectivity index (χ2v) is 7.90. The molecule has 0 unspecified atom stereocenters. The summed E-state index contributed by atoms with van der Waals surface area (Å²) in [6.07, 6.45) is 2.61. The topological polar surface area (TPSA) is 80.0 Å². The average Bonchev–Trinajstić information content (AvgIpc) is 3.26. The lowest BCUT2D eigenvalue weighted by Gasteiger charge is -2.35. The fourth-order valence-electron chi connectivity index (χ4n) is 3.24. The van der Waals surface area contributed by atoms with Crippen molar-refractivity contribution in [3.05, 3.63) is 48.2 Å². The predicted octanol–water partition coefficient (Wildman–Crippen LogP) is 2.35. The van der Waals surface area contributed by atoms with Crippen LogP contribution >= 0.6 is 0 Å². The molecule has 130 valence electrons. The Hall–Kier alpha value is -1.83. The van der Waals surface area contributed by atoms with Gasteiger partial charge in [0.2, 0.25) is 5.09 Å². The number of nitrogens with zero attached hydrogens (tertiary/aromatic N) is 1. The molecule has 2 aromatic rings. The summed E-state index contributed by atoms with van der Waals surface area (Å²) in [4.78, 5) is 0. The van der Waals surface area contributed by atoms with E-state index >= 15 is 0 Å². The first kappa shape index (κ1) is 17.0. The van der Waals surface area contributed by atoms with Crippen molar-refractivity contribution in [2.45, 2.75) is 36.5 Å². The zero-order valence-electron chi connectivity index (χ0n) is 13.7. The molecular weight excluding hydrogens is 330 g/mol. The molecule has 1 fully saturated rings. The molecule has 0 amide bonds. The van der Waals surface area contributed by atoms with Crippen LogP contribution < -0.4 is 4.74 Å². The van der Waals surface area contributed by atoms with Gasteiger partial charge in [0, 0.05) is 6.54 Å². The van der Waals surface area contributed by atoms with Crippen molar-refractivity contribution in [1.82, 2.24) is 4.31 Å². The maximum Gasteiger partial charge on any atom is 0.276 e. The van der Waals surface area contributed by atoms with Gasteiger partial charge in [-0.3, -0.25) is 0 Å². The Kier molecular flexibility index (Phi) is 4.42. The fraction of sp³-hybridized carbons (Fsp3) is 0.412. The van der Waals surface area contributed by atoms with E-state index in [0.717, 1.165) is 0 Å². The number of rotatable bonds is 5. The molecule has 1 aliphatic heterocycles. The summed E-state index contributed by atoms with van der Waals surface area (Å²) in [7, 11) is -2.20. The lowest BCUT2D eigenvalue weighted by molar-refractivity contribution is -0.000976. The number of benzene rings is 1. The van der Waals surface area contributed by atoms with Crippen molar-refractivity contribution in [2.24, 2.45) is 0 Å². The minimum Gasteiger partial charge on any atom is -0.497 e. The van der Waals surface area contributed by atoms with Crippen molar-refractivity contribution < 1.29 is 22.7 Å². The summed E-state index contributed by atoms with van der Waals surface area (Å²) in [5.74, 6) is 0.682. The minimum absolute atomic E-state index is 0.0973. The van der Waals surface area contributed by atoms with Crippen molar-refractivity contribution in [3.63, 3.8) is 0 Å². The van der Waals surface area contributed by atoms with Crippen LogP contribution in [0.5, 0.6) is 5.75 Å². The van der Waals surface area contributed by atoms with Gasteiger partial charge in [-0.1, -0.05) is 12.1 Å².